The number of rotatable bonds is 7. The number of halogens is 1. The number of carbonyl (C=O) groups excluding carboxylic acids is 1. The van der Waals surface area contributed by atoms with Gasteiger partial charge in [0.15, 0.2) is 5.17 Å². The number of benzene rings is 2. The molecule has 2 heterocycles. The summed E-state index contributed by atoms with van der Waals surface area (Å²) in [4.78, 5) is 19.8. The first-order chi connectivity index (χ1) is 15.1. The molecule has 0 atom stereocenters. The van der Waals surface area contributed by atoms with Gasteiger partial charge in [-0.1, -0.05) is 34.1 Å². The van der Waals surface area contributed by atoms with Gasteiger partial charge < -0.3 is 9.30 Å². The normalized spacial score (nSPS) is 16.7. The molecule has 1 fully saturated rings. The van der Waals surface area contributed by atoms with Crippen LogP contribution in [0.1, 0.15) is 19.4 Å². The summed E-state index contributed by atoms with van der Waals surface area (Å²) in [5.41, 5.74) is 2.12. The Labute approximate surface area is 194 Å². The van der Waals surface area contributed by atoms with Crippen LogP contribution in [-0.2, 0) is 11.3 Å². The number of amides is 1. The number of ether oxygens (including phenoxy) is 1. The Kier molecular flexibility index (Phi) is 6.83. The van der Waals surface area contributed by atoms with Crippen LogP contribution in [0.2, 0.25) is 0 Å². The fraction of sp³-hybridized carbons (Fsp3) is 0.250. The van der Waals surface area contributed by atoms with Crippen molar-refractivity contribution in [3.05, 3.63) is 69.7 Å². The van der Waals surface area contributed by atoms with E-state index in [1.54, 1.807) is 4.90 Å². The molecule has 1 aliphatic rings. The van der Waals surface area contributed by atoms with Crippen molar-refractivity contribution in [3.8, 4) is 5.75 Å². The Bertz CT molecular complexity index is 1150. The first-order valence-electron chi connectivity index (χ1n) is 10.3. The molecule has 0 unspecified atom stereocenters. The van der Waals surface area contributed by atoms with Crippen LogP contribution in [0.25, 0.3) is 17.0 Å². The number of para-hydroxylation sites is 1. The highest BCUT2D eigenvalue weighted by molar-refractivity contribution is 9.10. The number of carbonyl (C=O) groups is 1. The van der Waals surface area contributed by atoms with Gasteiger partial charge in [-0.25, -0.2) is 0 Å². The van der Waals surface area contributed by atoms with Crippen molar-refractivity contribution in [2.75, 3.05) is 19.7 Å². The fourth-order valence-corrected chi connectivity index (χ4v) is 5.01. The lowest BCUT2D eigenvalue weighted by Crippen LogP contribution is -2.28. The van der Waals surface area contributed by atoms with E-state index in [0.717, 1.165) is 31.9 Å². The van der Waals surface area contributed by atoms with Crippen molar-refractivity contribution >= 4 is 55.7 Å². The minimum atomic E-state index is 0.0167. The topological polar surface area (TPSA) is 46.8 Å². The van der Waals surface area contributed by atoms with E-state index in [-0.39, 0.29) is 5.91 Å². The third-order valence-electron chi connectivity index (χ3n) is 5.00. The number of hydrogen-bond acceptors (Lipinski definition) is 4. The maximum atomic E-state index is 12.9. The van der Waals surface area contributed by atoms with Crippen LogP contribution >= 0.6 is 27.7 Å². The van der Waals surface area contributed by atoms with E-state index < -0.39 is 0 Å². The molecule has 0 saturated carbocycles. The number of likely N-dealkylation sites (N-methyl/N-ethyl adjacent to an activating group) is 1. The van der Waals surface area contributed by atoms with Gasteiger partial charge in [-0.15, -0.1) is 0 Å². The molecule has 0 N–H and O–H groups in total. The lowest BCUT2D eigenvalue weighted by Gasteiger charge is -2.11. The first-order valence-corrected chi connectivity index (χ1v) is 11.9. The van der Waals surface area contributed by atoms with Crippen LogP contribution in [0.3, 0.4) is 0 Å². The van der Waals surface area contributed by atoms with E-state index >= 15 is 0 Å². The van der Waals surface area contributed by atoms with Gasteiger partial charge in [0.25, 0.3) is 5.91 Å². The lowest BCUT2D eigenvalue weighted by molar-refractivity contribution is -0.122. The Morgan fingerprint density at radius 3 is 2.71 bits per heavy atom. The van der Waals surface area contributed by atoms with Crippen molar-refractivity contribution in [3.63, 3.8) is 0 Å². The van der Waals surface area contributed by atoms with Gasteiger partial charge in [0, 0.05) is 40.2 Å². The average Bonchev–Trinajstić information content (AvgIpc) is 3.26. The number of aliphatic imine (C=N–C) groups is 1. The van der Waals surface area contributed by atoms with Gasteiger partial charge in [0.1, 0.15) is 12.4 Å². The number of aromatic nitrogens is 1. The first kappa shape index (κ1) is 21.7. The number of nitrogens with zero attached hydrogens (tertiary/aromatic N) is 3. The molecule has 31 heavy (non-hydrogen) atoms. The van der Waals surface area contributed by atoms with Crippen LogP contribution in [-0.4, -0.2) is 40.2 Å². The predicted octanol–water partition coefficient (Wildman–Crippen LogP) is 5.79. The van der Waals surface area contributed by atoms with Crippen molar-refractivity contribution in [1.29, 1.82) is 0 Å². The van der Waals surface area contributed by atoms with Crippen LogP contribution < -0.4 is 4.74 Å². The molecule has 1 amide bonds. The van der Waals surface area contributed by atoms with Gasteiger partial charge in [-0.2, -0.15) is 0 Å². The van der Waals surface area contributed by atoms with Gasteiger partial charge in [-0.3, -0.25) is 14.7 Å². The monoisotopic (exact) mass is 497 g/mol. The highest BCUT2D eigenvalue weighted by Gasteiger charge is 2.32. The molecular formula is C24H24BrN3O2S. The highest BCUT2D eigenvalue weighted by Crippen LogP contribution is 2.35. The van der Waals surface area contributed by atoms with Gasteiger partial charge in [-0.05, 0) is 62.0 Å². The second-order valence-corrected chi connectivity index (χ2v) is 8.94. The van der Waals surface area contributed by atoms with E-state index in [4.69, 9.17) is 4.74 Å². The molecule has 1 aromatic heterocycles. The summed E-state index contributed by atoms with van der Waals surface area (Å²) in [6.45, 7) is 6.50. The largest absolute Gasteiger partial charge is 0.492 e. The zero-order valence-corrected chi connectivity index (χ0v) is 19.9. The highest BCUT2D eigenvalue weighted by atomic mass is 79.9. The van der Waals surface area contributed by atoms with Crippen LogP contribution in [0, 0.1) is 0 Å². The molecule has 0 bridgehead atoms. The molecule has 3 aromatic rings. The van der Waals surface area contributed by atoms with Crippen LogP contribution in [0.5, 0.6) is 5.75 Å². The SMILES string of the molecule is CCN=C1SC(=Cc2cn(CCOc3ccccc3)c3ccc(Br)cc23)C(=O)N1CC. The molecule has 0 aliphatic carbocycles. The van der Waals surface area contributed by atoms with E-state index in [9.17, 15) is 4.79 Å². The average molecular weight is 498 g/mol. The number of thioether (sulfide) groups is 1. The van der Waals surface area contributed by atoms with E-state index in [1.165, 1.54) is 11.8 Å². The molecule has 4 rings (SSSR count). The van der Waals surface area contributed by atoms with Crippen molar-refractivity contribution in [2.24, 2.45) is 4.99 Å². The van der Waals surface area contributed by atoms with Gasteiger partial charge in [0.05, 0.1) is 11.4 Å². The summed E-state index contributed by atoms with van der Waals surface area (Å²) in [5.74, 6) is 0.877. The third kappa shape index (κ3) is 4.72. The molecule has 1 aliphatic heterocycles. The summed E-state index contributed by atoms with van der Waals surface area (Å²) in [5, 5.41) is 1.88. The molecule has 5 nitrogen and oxygen atoms in total. The van der Waals surface area contributed by atoms with Crippen LogP contribution in [0.15, 0.2) is 69.1 Å². The summed E-state index contributed by atoms with van der Waals surface area (Å²) in [7, 11) is 0. The standard InChI is InChI=1S/C24H24BrN3O2S/c1-3-26-24-28(4-2)23(29)22(31-24)14-17-16-27(21-11-10-18(25)15-20(17)21)12-13-30-19-8-6-5-7-9-19/h5-11,14-16H,3-4,12-13H2,1-2H3. The maximum absolute atomic E-state index is 12.9. The fourth-order valence-electron chi connectivity index (χ4n) is 3.56. The Balaban J connectivity index is 1.63. The maximum Gasteiger partial charge on any atom is 0.266 e. The second-order valence-electron chi connectivity index (χ2n) is 7.02. The summed E-state index contributed by atoms with van der Waals surface area (Å²) in [6, 6.07) is 16.0. The zero-order valence-electron chi connectivity index (χ0n) is 17.5. The lowest BCUT2D eigenvalue weighted by atomic mass is 10.1. The zero-order chi connectivity index (χ0) is 21.8. The quantitative estimate of drug-likeness (QED) is 0.387. The van der Waals surface area contributed by atoms with Crippen molar-refractivity contribution in [2.45, 2.75) is 20.4 Å². The number of hydrogen-bond donors (Lipinski definition) is 0. The molecule has 0 spiro atoms. The number of fused-ring (bicyclic) bond motifs is 1. The summed E-state index contributed by atoms with van der Waals surface area (Å²) in [6.07, 6.45) is 4.08. The predicted molar refractivity (Wildman–Crippen MR) is 133 cm³/mol. The summed E-state index contributed by atoms with van der Waals surface area (Å²) >= 11 is 5.03. The van der Waals surface area contributed by atoms with E-state index in [2.05, 4.69) is 43.8 Å². The Morgan fingerprint density at radius 1 is 1.16 bits per heavy atom. The Morgan fingerprint density at radius 2 is 1.97 bits per heavy atom. The summed E-state index contributed by atoms with van der Waals surface area (Å²) < 4.78 is 9.07. The van der Waals surface area contributed by atoms with Gasteiger partial charge in [0.2, 0.25) is 0 Å². The third-order valence-corrected chi connectivity index (χ3v) is 6.54. The van der Waals surface area contributed by atoms with Crippen LogP contribution in [0.4, 0.5) is 0 Å². The second kappa shape index (κ2) is 9.75. The smallest absolute Gasteiger partial charge is 0.266 e. The van der Waals surface area contributed by atoms with E-state index in [0.29, 0.717) is 31.1 Å². The van der Waals surface area contributed by atoms with Crippen molar-refractivity contribution < 1.29 is 9.53 Å². The minimum Gasteiger partial charge on any atom is -0.492 e. The molecule has 160 valence electrons. The molecule has 2 aromatic carbocycles. The Hall–Kier alpha value is -2.51. The van der Waals surface area contributed by atoms with Crippen molar-refractivity contribution in [1.82, 2.24) is 9.47 Å². The van der Waals surface area contributed by atoms with E-state index in [1.807, 2.05) is 56.3 Å². The van der Waals surface area contributed by atoms with Gasteiger partial charge >= 0.3 is 0 Å². The minimum absolute atomic E-state index is 0.0167. The molecule has 0 radical (unpaired) electrons. The molecule has 1 saturated heterocycles. The molecular weight excluding hydrogens is 474 g/mol. The molecule has 7 heteroatoms. The number of amidine groups is 1.